The summed E-state index contributed by atoms with van der Waals surface area (Å²) in [6, 6.07) is 8.37. The van der Waals surface area contributed by atoms with Crippen molar-refractivity contribution in [2.45, 2.75) is 39.7 Å². The van der Waals surface area contributed by atoms with E-state index < -0.39 is 0 Å². The third kappa shape index (κ3) is 7.82. The van der Waals surface area contributed by atoms with Gasteiger partial charge in [0, 0.05) is 32.2 Å². The molecule has 0 saturated carbocycles. The molecule has 7 nitrogen and oxygen atoms in total. The van der Waals surface area contributed by atoms with Crippen molar-refractivity contribution in [2.24, 2.45) is 4.99 Å². The Balaban J connectivity index is 0.00000480. The molecule has 1 aromatic carbocycles. The van der Waals surface area contributed by atoms with Gasteiger partial charge in [-0.1, -0.05) is 18.2 Å². The Labute approximate surface area is 205 Å². The maximum absolute atomic E-state index is 12.6. The fourth-order valence-corrected chi connectivity index (χ4v) is 4.00. The smallest absolute Gasteiger partial charge is 0.242 e. The zero-order valence-corrected chi connectivity index (χ0v) is 22.1. The van der Waals surface area contributed by atoms with E-state index in [0.717, 1.165) is 44.4 Å². The second-order valence-electron chi connectivity index (χ2n) is 7.62. The molecule has 1 N–H and O–H groups in total. The number of nitrogens with zero attached hydrogens (tertiary/aromatic N) is 4. The summed E-state index contributed by atoms with van der Waals surface area (Å²) in [5.41, 5.74) is 1.17. The van der Waals surface area contributed by atoms with Crippen LogP contribution in [0.25, 0.3) is 0 Å². The van der Waals surface area contributed by atoms with Gasteiger partial charge in [-0.15, -0.1) is 24.0 Å². The lowest BCUT2D eigenvalue weighted by molar-refractivity contribution is -0.131. The zero-order chi connectivity index (χ0) is 21.9. The van der Waals surface area contributed by atoms with E-state index in [0.29, 0.717) is 13.1 Å². The van der Waals surface area contributed by atoms with Gasteiger partial charge in [0.2, 0.25) is 5.91 Å². The van der Waals surface area contributed by atoms with Crippen LogP contribution in [0.1, 0.15) is 45.2 Å². The van der Waals surface area contributed by atoms with Crippen LogP contribution in [0.5, 0.6) is 5.75 Å². The normalized spacial score (nSPS) is 15.2. The van der Waals surface area contributed by atoms with Crippen LogP contribution in [-0.2, 0) is 4.79 Å². The maximum atomic E-state index is 12.6. The summed E-state index contributed by atoms with van der Waals surface area (Å²) in [5, 5.41) is 3.34. The molecule has 1 atom stereocenters. The monoisotopic (exact) mass is 545 g/mol. The standard InChI is InChI=1S/C23H39N5O2.HI/c1-6-24-23(26(4)18-22(29)27(7-2)8-3)25-17-20(28-15-11-12-16-28)19-13-9-10-14-21(19)30-5;/h9-10,13-14,20H,6-8,11-12,15-18H2,1-5H3,(H,24,25);1H. The number of aliphatic imine (C=N–C) groups is 1. The van der Waals surface area contributed by atoms with Crippen LogP contribution in [0.2, 0.25) is 0 Å². The van der Waals surface area contributed by atoms with Gasteiger partial charge in [0.25, 0.3) is 0 Å². The van der Waals surface area contributed by atoms with Crippen molar-refractivity contribution in [3.05, 3.63) is 29.8 Å². The topological polar surface area (TPSA) is 60.4 Å². The van der Waals surface area contributed by atoms with Gasteiger partial charge < -0.3 is 19.9 Å². The first kappa shape index (κ1) is 27.5. The Morgan fingerprint density at radius 1 is 1.19 bits per heavy atom. The molecule has 0 bridgehead atoms. The van der Waals surface area contributed by atoms with Crippen LogP contribution in [0.3, 0.4) is 0 Å². The number of carbonyl (C=O) groups is 1. The minimum atomic E-state index is 0. The largest absolute Gasteiger partial charge is 0.496 e. The fraction of sp³-hybridized carbons (Fsp3) is 0.652. The molecule has 0 aromatic heterocycles. The summed E-state index contributed by atoms with van der Waals surface area (Å²) in [7, 11) is 3.65. The highest BCUT2D eigenvalue weighted by Gasteiger charge is 2.26. The van der Waals surface area contributed by atoms with Crippen LogP contribution in [0.15, 0.2) is 29.3 Å². The SMILES string of the molecule is CCNC(=NCC(c1ccccc1OC)N1CCCC1)N(C)CC(=O)N(CC)CC.I. The third-order valence-corrected chi connectivity index (χ3v) is 5.68. The average Bonchev–Trinajstić information content (AvgIpc) is 3.28. The third-order valence-electron chi connectivity index (χ3n) is 5.68. The Bertz CT molecular complexity index is 690. The highest BCUT2D eigenvalue weighted by atomic mass is 127. The van der Waals surface area contributed by atoms with E-state index in [2.05, 4.69) is 22.3 Å². The van der Waals surface area contributed by atoms with Gasteiger partial charge in [0.15, 0.2) is 5.96 Å². The molecule has 1 heterocycles. The lowest BCUT2D eigenvalue weighted by Crippen LogP contribution is -2.46. The van der Waals surface area contributed by atoms with Gasteiger partial charge in [-0.3, -0.25) is 14.7 Å². The number of hydrogen-bond donors (Lipinski definition) is 1. The van der Waals surface area contributed by atoms with Crippen LogP contribution < -0.4 is 10.1 Å². The van der Waals surface area contributed by atoms with Crippen molar-refractivity contribution in [1.82, 2.24) is 20.0 Å². The fourth-order valence-electron chi connectivity index (χ4n) is 4.00. The molecule has 2 rings (SSSR count). The molecule has 1 fully saturated rings. The molecule has 1 saturated heterocycles. The van der Waals surface area contributed by atoms with E-state index in [1.54, 1.807) is 7.11 Å². The number of methoxy groups -OCH3 is 1. The number of guanidine groups is 1. The van der Waals surface area contributed by atoms with E-state index in [9.17, 15) is 4.79 Å². The molecule has 1 aliphatic rings. The number of rotatable bonds is 10. The Morgan fingerprint density at radius 2 is 1.84 bits per heavy atom. The molecule has 1 aromatic rings. The van der Waals surface area contributed by atoms with Crippen molar-refractivity contribution < 1.29 is 9.53 Å². The molecule has 1 unspecified atom stereocenters. The summed E-state index contributed by atoms with van der Waals surface area (Å²) < 4.78 is 5.64. The van der Waals surface area contributed by atoms with Gasteiger partial charge >= 0.3 is 0 Å². The van der Waals surface area contributed by atoms with Crippen LogP contribution in [0, 0.1) is 0 Å². The summed E-state index contributed by atoms with van der Waals surface area (Å²) in [6.07, 6.45) is 2.43. The van der Waals surface area contributed by atoms with E-state index in [1.807, 2.05) is 49.8 Å². The van der Waals surface area contributed by atoms with E-state index in [-0.39, 0.29) is 35.9 Å². The van der Waals surface area contributed by atoms with Crippen molar-refractivity contribution >= 4 is 35.8 Å². The quantitative estimate of drug-likeness (QED) is 0.278. The molecule has 176 valence electrons. The number of amides is 1. The summed E-state index contributed by atoms with van der Waals surface area (Å²) >= 11 is 0. The number of benzene rings is 1. The lowest BCUT2D eigenvalue weighted by atomic mass is 10.0. The number of ether oxygens (including phenoxy) is 1. The van der Waals surface area contributed by atoms with Crippen LogP contribution in [-0.4, -0.2) is 86.5 Å². The maximum Gasteiger partial charge on any atom is 0.242 e. The number of likely N-dealkylation sites (tertiary alicyclic amines) is 1. The van der Waals surface area contributed by atoms with Gasteiger partial charge in [0.1, 0.15) is 5.75 Å². The number of nitrogens with one attached hydrogen (secondary N) is 1. The Morgan fingerprint density at radius 3 is 2.42 bits per heavy atom. The molecule has 0 radical (unpaired) electrons. The number of carbonyl (C=O) groups excluding carboxylic acids is 1. The number of hydrogen-bond acceptors (Lipinski definition) is 4. The molecule has 1 amide bonds. The van der Waals surface area contributed by atoms with Crippen LogP contribution >= 0.6 is 24.0 Å². The minimum absolute atomic E-state index is 0. The second-order valence-corrected chi connectivity index (χ2v) is 7.62. The predicted molar refractivity (Wildman–Crippen MR) is 138 cm³/mol. The predicted octanol–water partition coefficient (Wildman–Crippen LogP) is 3.22. The van der Waals surface area contributed by atoms with Crippen LogP contribution in [0.4, 0.5) is 0 Å². The average molecular weight is 546 g/mol. The molecule has 31 heavy (non-hydrogen) atoms. The summed E-state index contributed by atoms with van der Waals surface area (Å²) in [5.74, 6) is 1.78. The van der Waals surface area contributed by atoms with E-state index in [1.165, 1.54) is 18.4 Å². The number of para-hydroxylation sites is 1. The highest BCUT2D eigenvalue weighted by molar-refractivity contribution is 14.0. The summed E-state index contributed by atoms with van der Waals surface area (Å²) in [6.45, 7) is 11.4. The van der Waals surface area contributed by atoms with Gasteiger partial charge in [-0.25, -0.2) is 0 Å². The van der Waals surface area contributed by atoms with Gasteiger partial charge in [-0.05, 0) is 52.8 Å². The first-order valence-corrected chi connectivity index (χ1v) is 11.2. The minimum Gasteiger partial charge on any atom is -0.496 e. The number of halogens is 1. The Kier molecular flexibility index (Phi) is 12.9. The second kappa shape index (κ2) is 14.5. The molecule has 1 aliphatic heterocycles. The molecule has 0 aliphatic carbocycles. The van der Waals surface area contributed by atoms with Crippen molar-refractivity contribution in [3.63, 3.8) is 0 Å². The summed E-state index contributed by atoms with van der Waals surface area (Å²) in [4.78, 5) is 23.8. The molecular formula is C23H40IN5O2. The van der Waals surface area contributed by atoms with Gasteiger partial charge in [0.05, 0.1) is 26.2 Å². The Hall–Kier alpha value is -1.55. The first-order valence-electron chi connectivity index (χ1n) is 11.2. The van der Waals surface area contributed by atoms with E-state index >= 15 is 0 Å². The molecule has 0 spiro atoms. The lowest BCUT2D eigenvalue weighted by Gasteiger charge is -2.29. The van der Waals surface area contributed by atoms with Crippen molar-refractivity contribution in [2.75, 3.05) is 60.0 Å². The van der Waals surface area contributed by atoms with E-state index in [4.69, 9.17) is 9.73 Å². The van der Waals surface area contributed by atoms with Gasteiger partial charge in [-0.2, -0.15) is 0 Å². The number of likely N-dealkylation sites (N-methyl/N-ethyl adjacent to an activating group) is 2. The first-order chi connectivity index (χ1) is 14.5. The zero-order valence-electron chi connectivity index (χ0n) is 19.8. The van der Waals surface area contributed by atoms with Crippen molar-refractivity contribution in [3.8, 4) is 5.75 Å². The van der Waals surface area contributed by atoms with Crippen molar-refractivity contribution in [1.29, 1.82) is 0 Å². The molecule has 8 heteroatoms. The molecular weight excluding hydrogens is 505 g/mol. The highest BCUT2D eigenvalue weighted by Crippen LogP contribution is 2.31.